The third-order valence-corrected chi connectivity index (χ3v) is 7.84. The van der Waals surface area contributed by atoms with E-state index in [1.54, 1.807) is 23.6 Å². The standard InChI is InChI=1S/C23H20ClN5O4S2/c1-16(27-35(32,33)21-13-7-18(24)8-14-21)22-25-26-23(34-15-17-5-3-2-4-6-17)28(22)19-9-11-20(12-10-19)29(30)31/h2-14,16,27H,15H2,1H3. The van der Waals surface area contributed by atoms with Crippen LogP contribution in [0.1, 0.15) is 24.4 Å². The number of rotatable bonds is 9. The fraction of sp³-hybridized carbons (Fsp3) is 0.130. The fourth-order valence-corrected chi connectivity index (χ4v) is 5.55. The summed E-state index contributed by atoms with van der Waals surface area (Å²) in [6.07, 6.45) is 0. The smallest absolute Gasteiger partial charge is 0.269 e. The number of hydrogen-bond acceptors (Lipinski definition) is 7. The maximum Gasteiger partial charge on any atom is 0.269 e. The predicted octanol–water partition coefficient (Wildman–Crippen LogP) is 5.16. The van der Waals surface area contributed by atoms with E-state index in [1.165, 1.54) is 48.2 Å². The highest BCUT2D eigenvalue weighted by molar-refractivity contribution is 7.98. The maximum absolute atomic E-state index is 12.9. The Kier molecular flexibility index (Phi) is 7.51. The van der Waals surface area contributed by atoms with Gasteiger partial charge in [0.25, 0.3) is 5.69 Å². The average molecular weight is 530 g/mol. The van der Waals surface area contributed by atoms with E-state index in [4.69, 9.17) is 11.6 Å². The number of nitro groups is 1. The van der Waals surface area contributed by atoms with Gasteiger partial charge in [-0.2, -0.15) is 0 Å². The topological polar surface area (TPSA) is 120 Å². The molecule has 0 aliphatic rings. The zero-order valence-electron chi connectivity index (χ0n) is 18.4. The summed E-state index contributed by atoms with van der Waals surface area (Å²) in [6.45, 7) is 1.66. The van der Waals surface area contributed by atoms with Crippen LogP contribution in [0.4, 0.5) is 5.69 Å². The van der Waals surface area contributed by atoms with Crippen molar-refractivity contribution in [2.45, 2.75) is 28.8 Å². The van der Waals surface area contributed by atoms with Crippen LogP contribution in [0, 0.1) is 10.1 Å². The number of aromatic nitrogens is 3. The molecule has 0 radical (unpaired) electrons. The lowest BCUT2D eigenvalue weighted by atomic mass is 10.2. The lowest BCUT2D eigenvalue weighted by Gasteiger charge is -2.16. The van der Waals surface area contributed by atoms with Crippen molar-refractivity contribution in [2.24, 2.45) is 0 Å². The molecule has 180 valence electrons. The number of benzene rings is 3. The lowest BCUT2D eigenvalue weighted by molar-refractivity contribution is -0.384. The van der Waals surface area contributed by atoms with Crippen molar-refractivity contribution in [3.05, 3.63) is 105 Å². The highest BCUT2D eigenvalue weighted by Crippen LogP contribution is 2.29. The molecule has 1 N–H and O–H groups in total. The number of hydrogen-bond donors (Lipinski definition) is 1. The zero-order valence-corrected chi connectivity index (χ0v) is 20.8. The van der Waals surface area contributed by atoms with Crippen molar-refractivity contribution in [1.82, 2.24) is 19.5 Å². The van der Waals surface area contributed by atoms with Gasteiger partial charge in [-0.25, -0.2) is 13.1 Å². The molecule has 1 aromatic heterocycles. The van der Waals surface area contributed by atoms with Crippen LogP contribution in [-0.2, 0) is 15.8 Å². The van der Waals surface area contributed by atoms with Gasteiger partial charge in [0.15, 0.2) is 11.0 Å². The van der Waals surface area contributed by atoms with Crippen molar-refractivity contribution in [3.63, 3.8) is 0 Å². The number of nitrogens with zero attached hydrogens (tertiary/aromatic N) is 4. The normalized spacial score (nSPS) is 12.4. The van der Waals surface area contributed by atoms with Gasteiger partial charge in [0, 0.05) is 28.6 Å². The molecular weight excluding hydrogens is 510 g/mol. The number of nitrogens with one attached hydrogen (secondary N) is 1. The van der Waals surface area contributed by atoms with E-state index in [0.29, 0.717) is 27.4 Å². The second kappa shape index (κ2) is 10.6. The molecule has 0 aliphatic heterocycles. The van der Waals surface area contributed by atoms with Gasteiger partial charge in [0.05, 0.1) is 15.9 Å². The van der Waals surface area contributed by atoms with Crippen LogP contribution < -0.4 is 4.72 Å². The Morgan fingerprint density at radius 2 is 1.69 bits per heavy atom. The first-order valence-corrected chi connectivity index (χ1v) is 13.2. The Morgan fingerprint density at radius 1 is 1.03 bits per heavy atom. The van der Waals surface area contributed by atoms with Gasteiger partial charge in [0.1, 0.15) is 0 Å². The molecule has 3 aromatic carbocycles. The van der Waals surface area contributed by atoms with Gasteiger partial charge in [-0.15, -0.1) is 10.2 Å². The molecule has 0 saturated heterocycles. The molecule has 0 fully saturated rings. The number of halogens is 1. The summed E-state index contributed by atoms with van der Waals surface area (Å²) in [5, 5.41) is 20.6. The average Bonchev–Trinajstić information content (AvgIpc) is 3.27. The van der Waals surface area contributed by atoms with Crippen molar-refractivity contribution in [2.75, 3.05) is 0 Å². The second-order valence-electron chi connectivity index (χ2n) is 7.52. The molecule has 4 rings (SSSR count). The van der Waals surface area contributed by atoms with E-state index < -0.39 is 21.0 Å². The van der Waals surface area contributed by atoms with Gasteiger partial charge >= 0.3 is 0 Å². The van der Waals surface area contributed by atoms with Crippen LogP contribution >= 0.6 is 23.4 Å². The Labute approximate surface area is 211 Å². The monoisotopic (exact) mass is 529 g/mol. The van der Waals surface area contributed by atoms with Crippen LogP contribution in [0.3, 0.4) is 0 Å². The summed E-state index contributed by atoms with van der Waals surface area (Å²) < 4.78 is 30.2. The number of thioether (sulfide) groups is 1. The van der Waals surface area contributed by atoms with Gasteiger partial charge in [-0.05, 0) is 48.9 Å². The molecule has 4 aromatic rings. The predicted molar refractivity (Wildman–Crippen MR) is 134 cm³/mol. The molecule has 0 bridgehead atoms. The van der Waals surface area contributed by atoms with Crippen LogP contribution in [0.25, 0.3) is 5.69 Å². The Hall–Kier alpha value is -3.25. The number of sulfonamides is 1. The van der Waals surface area contributed by atoms with Crippen LogP contribution in [-0.4, -0.2) is 28.1 Å². The minimum absolute atomic E-state index is 0.0571. The summed E-state index contributed by atoms with van der Waals surface area (Å²) in [5.41, 5.74) is 1.59. The molecule has 0 aliphatic carbocycles. The molecule has 0 spiro atoms. The molecule has 12 heteroatoms. The first kappa shape index (κ1) is 24.9. The lowest BCUT2D eigenvalue weighted by Crippen LogP contribution is -2.28. The van der Waals surface area contributed by atoms with Crippen LogP contribution in [0.5, 0.6) is 0 Å². The summed E-state index contributed by atoms with van der Waals surface area (Å²) >= 11 is 7.30. The highest BCUT2D eigenvalue weighted by Gasteiger charge is 2.25. The van der Waals surface area contributed by atoms with Crippen LogP contribution in [0.15, 0.2) is 88.9 Å². The van der Waals surface area contributed by atoms with E-state index >= 15 is 0 Å². The van der Waals surface area contributed by atoms with Crippen molar-refractivity contribution < 1.29 is 13.3 Å². The third-order valence-electron chi connectivity index (χ3n) is 5.03. The first-order valence-electron chi connectivity index (χ1n) is 10.4. The second-order valence-corrected chi connectivity index (χ2v) is 10.6. The molecule has 35 heavy (non-hydrogen) atoms. The Bertz CT molecular complexity index is 1430. The van der Waals surface area contributed by atoms with E-state index in [0.717, 1.165) is 5.56 Å². The van der Waals surface area contributed by atoms with Gasteiger partial charge < -0.3 is 0 Å². The molecule has 1 atom stereocenters. The molecule has 1 unspecified atom stereocenters. The third kappa shape index (κ3) is 5.88. The molecule has 0 amide bonds. The van der Waals surface area contributed by atoms with Gasteiger partial charge in [0.2, 0.25) is 10.0 Å². The van der Waals surface area contributed by atoms with Gasteiger partial charge in [-0.1, -0.05) is 53.7 Å². The van der Waals surface area contributed by atoms with Gasteiger partial charge in [-0.3, -0.25) is 14.7 Å². The summed E-state index contributed by atoms with van der Waals surface area (Å²) in [4.78, 5) is 10.7. The van der Waals surface area contributed by atoms with Crippen molar-refractivity contribution in [3.8, 4) is 5.69 Å². The van der Waals surface area contributed by atoms with E-state index in [2.05, 4.69) is 14.9 Å². The Balaban J connectivity index is 1.68. The molecule has 1 heterocycles. The van der Waals surface area contributed by atoms with Crippen molar-refractivity contribution in [1.29, 1.82) is 0 Å². The highest BCUT2D eigenvalue weighted by atomic mass is 35.5. The molecule has 9 nitrogen and oxygen atoms in total. The summed E-state index contributed by atoms with van der Waals surface area (Å²) in [5.74, 6) is 0.948. The number of nitro benzene ring substituents is 1. The van der Waals surface area contributed by atoms with E-state index in [9.17, 15) is 18.5 Å². The summed E-state index contributed by atoms with van der Waals surface area (Å²) in [7, 11) is -3.87. The Morgan fingerprint density at radius 3 is 2.31 bits per heavy atom. The number of non-ortho nitro benzene ring substituents is 1. The van der Waals surface area contributed by atoms with Crippen LogP contribution in [0.2, 0.25) is 5.02 Å². The largest absolute Gasteiger partial charge is 0.273 e. The van der Waals surface area contributed by atoms with E-state index in [-0.39, 0.29) is 10.6 Å². The quantitative estimate of drug-likeness (QED) is 0.180. The maximum atomic E-state index is 12.9. The first-order chi connectivity index (χ1) is 16.7. The minimum atomic E-state index is -3.87. The van der Waals surface area contributed by atoms with Crippen molar-refractivity contribution >= 4 is 39.1 Å². The molecule has 0 saturated carbocycles. The molecular formula is C23H20ClN5O4S2. The SMILES string of the molecule is CC(NS(=O)(=O)c1ccc(Cl)cc1)c1nnc(SCc2ccccc2)n1-c1ccc([N+](=O)[O-])cc1. The minimum Gasteiger partial charge on any atom is -0.273 e. The van der Waals surface area contributed by atoms with E-state index in [1.807, 2.05) is 30.3 Å². The fourth-order valence-electron chi connectivity index (χ4n) is 3.31. The zero-order chi connectivity index (χ0) is 25.0. The summed E-state index contributed by atoms with van der Waals surface area (Å²) in [6, 6.07) is 20.8.